The lowest BCUT2D eigenvalue weighted by Gasteiger charge is -2.02. The van der Waals surface area contributed by atoms with Gasteiger partial charge in [0.2, 0.25) is 0 Å². The minimum Gasteiger partial charge on any atom is -0.207 e. The molecule has 0 atom stereocenters. The summed E-state index contributed by atoms with van der Waals surface area (Å²) in [5.74, 6) is -0.0940. The predicted octanol–water partition coefficient (Wildman–Crippen LogP) is 3.73. The number of benzene rings is 1. The molecule has 12 heavy (non-hydrogen) atoms. The van der Waals surface area contributed by atoms with Crippen LogP contribution in [0.5, 0.6) is 0 Å². The van der Waals surface area contributed by atoms with Gasteiger partial charge in [0, 0.05) is 10.9 Å². The summed E-state index contributed by atoms with van der Waals surface area (Å²) in [4.78, 5) is 0. The van der Waals surface area contributed by atoms with Gasteiger partial charge in [-0.25, -0.2) is 4.39 Å². The summed E-state index contributed by atoms with van der Waals surface area (Å²) in [6, 6.07) is 4.23. The van der Waals surface area contributed by atoms with Crippen LogP contribution in [0.2, 0.25) is 5.02 Å². The van der Waals surface area contributed by atoms with Crippen molar-refractivity contribution in [1.29, 1.82) is 0 Å². The number of hydrogen-bond acceptors (Lipinski definition) is 0. The average molecular weight is 205 g/mol. The predicted molar refractivity (Wildman–Crippen MR) is 51.2 cm³/mol. The van der Waals surface area contributed by atoms with Crippen LogP contribution in [0, 0.1) is 5.82 Å². The summed E-state index contributed by atoms with van der Waals surface area (Å²) in [6.45, 7) is 3.67. The molecule has 64 valence electrons. The number of hydrogen-bond donors (Lipinski definition) is 0. The third kappa shape index (κ3) is 2.23. The first-order valence-electron chi connectivity index (χ1n) is 3.33. The van der Waals surface area contributed by atoms with Gasteiger partial charge in [-0.05, 0) is 29.3 Å². The van der Waals surface area contributed by atoms with Crippen LogP contribution >= 0.6 is 23.2 Å². The highest BCUT2D eigenvalue weighted by molar-refractivity contribution is 6.30. The van der Waals surface area contributed by atoms with Gasteiger partial charge in [-0.2, -0.15) is 0 Å². The Morgan fingerprint density at radius 2 is 2.08 bits per heavy atom. The molecule has 1 aromatic rings. The molecule has 0 aliphatic carbocycles. The summed E-state index contributed by atoms with van der Waals surface area (Å²) in [6.07, 6.45) is 0. The van der Waals surface area contributed by atoms with Gasteiger partial charge in [-0.1, -0.05) is 18.2 Å². The SMILES string of the molecule is C=C(CCl)c1cc(F)cc(Cl)c1. The normalized spacial score (nSPS) is 9.92. The number of alkyl halides is 1. The molecule has 0 aliphatic rings. The Labute approximate surface area is 80.6 Å². The van der Waals surface area contributed by atoms with E-state index < -0.39 is 0 Å². The van der Waals surface area contributed by atoms with Gasteiger partial charge >= 0.3 is 0 Å². The van der Waals surface area contributed by atoms with Gasteiger partial charge in [0.15, 0.2) is 0 Å². The van der Waals surface area contributed by atoms with E-state index in [4.69, 9.17) is 23.2 Å². The standard InChI is InChI=1S/C9H7Cl2F/c1-6(5-10)7-2-8(11)4-9(12)3-7/h2-4H,1,5H2. The van der Waals surface area contributed by atoms with Crippen LogP contribution in [0.1, 0.15) is 5.56 Å². The second-order valence-corrected chi connectivity index (χ2v) is 3.10. The highest BCUT2D eigenvalue weighted by Gasteiger charge is 2.01. The topological polar surface area (TPSA) is 0 Å². The summed E-state index contributed by atoms with van der Waals surface area (Å²) < 4.78 is 12.8. The Morgan fingerprint density at radius 1 is 1.42 bits per heavy atom. The molecule has 3 heteroatoms. The van der Waals surface area contributed by atoms with Gasteiger partial charge in [0.25, 0.3) is 0 Å². The van der Waals surface area contributed by atoms with E-state index in [2.05, 4.69) is 6.58 Å². The molecule has 0 aromatic heterocycles. The zero-order valence-corrected chi connectivity index (χ0v) is 7.79. The minimum atomic E-state index is -0.372. The quantitative estimate of drug-likeness (QED) is 0.645. The Kier molecular flexibility index (Phi) is 3.12. The third-order valence-electron chi connectivity index (χ3n) is 1.43. The molecular weight excluding hydrogens is 198 g/mol. The van der Waals surface area contributed by atoms with Crippen LogP contribution in [0.15, 0.2) is 24.8 Å². The lowest BCUT2D eigenvalue weighted by molar-refractivity contribution is 0.627. The van der Waals surface area contributed by atoms with Crippen LogP contribution in [0.3, 0.4) is 0 Å². The molecule has 0 bridgehead atoms. The van der Waals surface area contributed by atoms with Gasteiger partial charge in [0.1, 0.15) is 5.82 Å². The van der Waals surface area contributed by atoms with E-state index >= 15 is 0 Å². The van der Waals surface area contributed by atoms with Crippen molar-refractivity contribution >= 4 is 28.8 Å². The molecule has 0 saturated heterocycles. The lowest BCUT2D eigenvalue weighted by atomic mass is 10.1. The van der Waals surface area contributed by atoms with E-state index in [-0.39, 0.29) is 11.7 Å². The maximum absolute atomic E-state index is 12.8. The summed E-state index contributed by atoms with van der Waals surface area (Å²) in [7, 11) is 0. The zero-order chi connectivity index (χ0) is 9.14. The molecule has 0 spiro atoms. The van der Waals surface area contributed by atoms with Crippen molar-refractivity contribution in [1.82, 2.24) is 0 Å². The van der Waals surface area contributed by atoms with Crippen LogP contribution in [0.25, 0.3) is 5.57 Å². The second-order valence-electron chi connectivity index (χ2n) is 2.40. The first-order valence-corrected chi connectivity index (χ1v) is 4.25. The van der Waals surface area contributed by atoms with Crippen molar-refractivity contribution in [3.05, 3.63) is 41.2 Å². The van der Waals surface area contributed by atoms with E-state index in [1.165, 1.54) is 12.1 Å². The number of allylic oxidation sites excluding steroid dienone is 1. The monoisotopic (exact) mass is 204 g/mol. The smallest absolute Gasteiger partial charge is 0.125 e. The van der Waals surface area contributed by atoms with Crippen molar-refractivity contribution < 1.29 is 4.39 Å². The fourth-order valence-electron chi connectivity index (χ4n) is 0.835. The molecule has 1 rings (SSSR count). The van der Waals surface area contributed by atoms with E-state index in [1.54, 1.807) is 6.07 Å². The van der Waals surface area contributed by atoms with Crippen molar-refractivity contribution in [2.24, 2.45) is 0 Å². The Hall–Kier alpha value is -0.530. The molecule has 0 aliphatic heterocycles. The third-order valence-corrected chi connectivity index (χ3v) is 1.97. The van der Waals surface area contributed by atoms with Gasteiger partial charge in [-0.15, -0.1) is 11.6 Å². The van der Waals surface area contributed by atoms with Crippen LogP contribution in [0.4, 0.5) is 4.39 Å². The summed E-state index contributed by atoms with van der Waals surface area (Å²) in [5.41, 5.74) is 1.31. The number of rotatable bonds is 2. The fourth-order valence-corrected chi connectivity index (χ4v) is 1.21. The average Bonchev–Trinajstić information content (AvgIpc) is 2.01. The Morgan fingerprint density at radius 3 is 2.58 bits per heavy atom. The van der Waals surface area contributed by atoms with E-state index in [0.717, 1.165) is 0 Å². The van der Waals surface area contributed by atoms with Crippen molar-refractivity contribution in [3.8, 4) is 0 Å². The highest BCUT2D eigenvalue weighted by Crippen LogP contribution is 2.20. The first kappa shape index (κ1) is 9.56. The molecule has 1 aromatic carbocycles. The van der Waals surface area contributed by atoms with Gasteiger partial charge in [0.05, 0.1) is 0 Å². The lowest BCUT2D eigenvalue weighted by Crippen LogP contribution is -1.85. The minimum absolute atomic E-state index is 0.278. The Balaban J connectivity index is 3.08. The van der Waals surface area contributed by atoms with Crippen molar-refractivity contribution in [2.45, 2.75) is 0 Å². The molecule has 0 nitrogen and oxygen atoms in total. The van der Waals surface area contributed by atoms with Crippen molar-refractivity contribution in [2.75, 3.05) is 5.88 Å². The second kappa shape index (κ2) is 3.92. The van der Waals surface area contributed by atoms with Crippen LogP contribution in [-0.2, 0) is 0 Å². The van der Waals surface area contributed by atoms with E-state index in [9.17, 15) is 4.39 Å². The zero-order valence-electron chi connectivity index (χ0n) is 6.28. The molecular formula is C9H7Cl2F. The molecule has 0 N–H and O–H groups in total. The maximum atomic E-state index is 12.8. The van der Waals surface area contributed by atoms with E-state index in [0.29, 0.717) is 16.2 Å². The van der Waals surface area contributed by atoms with E-state index in [1.807, 2.05) is 0 Å². The fraction of sp³-hybridized carbons (Fsp3) is 0.111. The van der Waals surface area contributed by atoms with Crippen molar-refractivity contribution in [3.63, 3.8) is 0 Å². The molecule has 0 unspecified atom stereocenters. The molecule has 0 amide bonds. The van der Waals surface area contributed by atoms with Crippen LogP contribution in [-0.4, -0.2) is 5.88 Å². The molecule has 0 saturated carbocycles. The number of halogens is 3. The summed E-state index contributed by atoms with van der Waals surface area (Å²) >= 11 is 11.2. The Bertz CT molecular complexity index is 287. The van der Waals surface area contributed by atoms with Gasteiger partial charge < -0.3 is 0 Å². The maximum Gasteiger partial charge on any atom is 0.125 e. The van der Waals surface area contributed by atoms with Crippen LogP contribution < -0.4 is 0 Å². The molecule has 0 radical (unpaired) electrons. The first-order chi connectivity index (χ1) is 5.63. The molecule has 0 heterocycles. The molecule has 0 fully saturated rings. The largest absolute Gasteiger partial charge is 0.207 e. The van der Waals surface area contributed by atoms with Gasteiger partial charge in [-0.3, -0.25) is 0 Å². The highest BCUT2D eigenvalue weighted by atomic mass is 35.5. The summed E-state index contributed by atoms with van der Waals surface area (Å²) in [5, 5.41) is 0.358.